The molecule has 1 aliphatic heterocycles. The van der Waals surface area contributed by atoms with Gasteiger partial charge in [-0.3, -0.25) is 24.2 Å². The fourth-order valence-corrected chi connectivity index (χ4v) is 4.87. The van der Waals surface area contributed by atoms with Gasteiger partial charge in [0.1, 0.15) is 17.6 Å². The zero-order chi connectivity index (χ0) is 27.7. The van der Waals surface area contributed by atoms with Gasteiger partial charge in [0.2, 0.25) is 5.91 Å². The van der Waals surface area contributed by atoms with Crippen molar-refractivity contribution in [3.63, 3.8) is 0 Å². The molecule has 1 saturated heterocycles. The maximum Gasteiger partial charge on any atom is 0.254 e. The first-order valence-electron chi connectivity index (χ1n) is 12.6. The standard InChI is InChI=1S/C26H37BrFN5O4/c1-4-21(34)16(7-5-11-31-26(29)30)13-22(35)20-8-6-12-33(20)25(37)23(15(2)3)32-24(36)18-10-9-17(27)14-19(18)28/h9-10,14-16,20,23H,4-8,11-13H2,1-3H3,(H,32,36)(H4,29,30,31)/t16-,20+,23+/m1/s1. The highest BCUT2D eigenvalue weighted by Crippen LogP contribution is 2.25. The molecule has 9 nitrogen and oxygen atoms in total. The molecule has 2 rings (SSSR count). The summed E-state index contributed by atoms with van der Waals surface area (Å²) in [6.45, 7) is 6.05. The first-order valence-corrected chi connectivity index (χ1v) is 13.4. The summed E-state index contributed by atoms with van der Waals surface area (Å²) in [7, 11) is 0. The zero-order valence-electron chi connectivity index (χ0n) is 21.6. The third-order valence-corrected chi connectivity index (χ3v) is 7.05. The van der Waals surface area contributed by atoms with Gasteiger partial charge >= 0.3 is 0 Å². The van der Waals surface area contributed by atoms with E-state index in [2.05, 4.69) is 26.2 Å². The average molecular weight is 583 g/mol. The quantitative estimate of drug-likeness (QED) is 0.185. The van der Waals surface area contributed by atoms with Crippen LogP contribution in [0.3, 0.4) is 0 Å². The lowest BCUT2D eigenvalue weighted by molar-refractivity contribution is -0.140. The molecule has 3 atom stereocenters. The molecule has 0 saturated carbocycles. The summed E-state index contributed by atoms with van der Waals surface area (Å²) >= 11 is 3.16. The number of guanidine groups is 1. The maximum atomic E-state index is 14.3. The summed E-state index contributed by atoms with van der Waals surface area (Å²) in [5, 5.41) is 2.66. The molecule has 1 aromatic rings. The Morgan fingerprint density at radius 1 is 1.24 bits per heavy atom. The van der Waals surface area contributed by atoms with Gasteiger partial charge in [0, 0.05) is 36.3 Å². The number of carbonyl (C=O) groups is 4. The SMILES string of the molecule is CCC(=O)[C@H](CCCN=C(N)N)CC(=O)[C@@H]1CCCN1C(=O)[C@@H](NC(=O)c1ccc(Br)cc1F)C(C)C. The van der Waals surface area contributed by atoms with Gasteiger partial charge < -0.3 is 21.7 Å². The Morgan fingerprint density at radius 3 is 2.54 bits per heavy atom. The van der Waals surface area contributed by atoms with Crippen molar-refractivity contribution < 1.29 is 23.6 Å². The number of benzene rings is 1. The number of rotatable bonds is 13. The minimum absolute atomic E-state index is 0.0160. The van der Waals surface area contributed by atoms with Crippen molar-refractivity contribution in [3.05, 3.63) is 34.1 Å². The Balaban J connectivity index is 2.12. The van der Waals surface area contributed by atoms with E-state index in [0.29, 0.717) is 49.7 Å². The molecular formula is C26H37BrFN5O4. The average Bonchev–Trinajstić information content (AvgIpc) is 3.33. The normalized spacial score (nSPS) is 16.8. The van der Waals surface area contributed by atoms with Crippen molar-refractivity contribution in [1.29, 1.82) is 0 Å². The van der Waals surface area contributed by atoms with Crippen molar-refractivity contribution in [2.24, 2.45) is 28.3 Å². The van der Waals surface area contributed by atoms with Crippen LogP contribution in [0.2, 0.25) is 0 Å². The smallest absolute Gasteiger partial charge is 0.254 e. The molecule has 11 heteroatoms. The highest BCUT2D eigenvalue weighted by molar-refractivity contribution is 9.10. The van der Waals surface area contributed by atoms with Gasteiger partial charge in [0.05, 0.1) is 11.6 Å². The number of halogens is 2. The molecule has 37 heavy (non-hydrogen) atoms. The van der Waals surface area contributed by atoms with Crippen molar-refractivity contribution in [1.82, 2.24) is 10.2 Å². The molecule has 0 aromatic heterocycles. The fourth-order valence-electron chi connectivity index (χ4n) is 4.54. The molecular weight excluding hydrogens is 545 g/mol. The minimum atomic E-state index is -0.934. The number of hydrogen-bond acceptors (Lipinski definition) is 5. The highest BCUT2D eigenvalue weighted by Gasteiger charge is 2.39. The lowest BCUT2D eigenvalue weighted by atomic mass is 9.89. The van der Waals surface area contributed by atoms with Gasteiger partial charge in [-0.25, -0.2) is 4.39 Å². The van der Waals surface area contributed by atoms with Gasteiger partial charge in [-0.1, -0.05) is 36.7 Å². The Labute approximate surface area is 225 Å². The van der Waals surface area contributed by atoms with E-state index in [0.717, 1.165) is 0 Å². The second-order valence-corrected chi connectivity index (χ2v) is 10.6. The summed E-state index contributed by atoms with van der Waals surface area (Å²) in [6, 6.07) is 2.47. The van der Waals surface area contributed by atoms with Crippen LogP contribution in [-0.4, -0.2) is 59.4 Å². The van der Waals surface area contributed by atoms with Gasteiger partial charge in [-0.2, -0.15) is 0 Å². The van der Waals surface area contributed by atoms with Gasteiger partial charge in [0.15, 0.2) is 11.7 Å². The van der Waals surface area contributed by atoms with E-state index in [1.165, 1.54) is 17.0 Å². The lowest BCUT2D eigenvalue weighted by Gasteiger charge is -2.31. The minimum Gasteiger partial charge on any atom is -0.370 e. The topological polar surface area (TPSA) is 148 Å². The van der Waals surface area contributed by atoms with Crippen molar-refractivity contribution in [2.45, 2.75) is 71.4 Å². The van der Waals surface area contributed by atoms with Crippen LogP contribution < -0.4 is 16.8 Å². The molecule has 5 N–H and O–H groups in total. The van der Waals surface area contributed by atoms with Crippen LogP contribution in [0, 0.1) is 17.7 Å². The number of ketones is 2. The predicted molar refractivity (Wildman–Crippen MR) is 143 cm³/mol. The van der Waals surface area contributed by atoms with Gasteiger partial charge in [0.25, 0.3) is 5.91 Å². The first-order chi connectivity index (χ1) is 17.5. The second kappa shape index (κ2) is 14.2. The second-order valence-electron chi connectivity index (χ2n) is 9.65. The summed E-state index contributed by atoms with van der Waals surface area (Å²) in [5.41, 5.74) is 10.5. The Kier molecular flexibility index (Phi) is 11.7. The number of aliphatic imine (C=N–C) groups is 1. The summed E-state index contributed by atoms with van der Waals surface area (Å²) in [5.74, 6) is -2.77. The largest absolute Gasteiger partial charge is 0.370 e. The molecule has 0 radical (unpaired) electrons. The van der Waals surface area contributed by atoms with E-state index in [1.807, 2.05) is 0 Å². The van der Waals surface area contributed by atoms with E-state index < -0.39 is 29.7 Å². The number of Topliss-reactive ketones (excluding diaryl/α,β-unsaturated/α-hetero) is 2. The molecule has 204 valence electrons. The lowest BCUT2D eigenvalue weighted by Crippen LogP contribution is -2.54. The van der Waals surface area contributed by atoms with Crippen molar-refractivity contribution >= 4 is 45.3 Å². The van der Waals surface area contributed by atoms with Crippen LogP contribution in [0.25, 0.3) is 0 Å². The highest BCUT2D eigenvalue weighted by atomic mass is 79.9. The van der Waals surface area contributed by atoms with Gasteiger partial charge in [-0.05, 0) is 49.8 Å². The number of nitrogens with one attached hydrogen (secondary N) is 1. The molecule has 2 amide bonds. The monoisotopic (exact) mass is 581 g/mol. The zero-order valence-corrected chi connectivity index (χ0v) is 23.2. The number of carbonyl (C=O) groups excluding carboxylic acids is 4. The van der Waals surface area contributed by atoms with Crippen LogP contribution in [0.4, 0.5) is 4.39 Å². The van der Waals surface area contributed by atoms with Gasteiger partial charge in [-0.15, -0.1) is 0 Å². The number of amides is 2. The van der Waals surface area contributed by atoms with E-state index in [9.17, 15) is 23.6 Å². The Bertz CT molecular complexity index is 1030. The number of nitrogens with zero attached hydrogens (tertiary/aromatic N) is 2. The van der Waals surface area contributed by atoms with Crippen LogP contribution in [-0.2, 0) is 14.4 Å². The summed E-state index contributed by atoms with van der Waals surface area (Å²) in [6.07, 6.45) is 2.50. The number of likely N-dealkylation sites (tertiary alicyclic amines) is 1. The summed E-state index contributed by atoms with van der Waals surface area (Å²) in [4.78, 5) is 57.5. The van der Waals surface area contributed by atoms with E-state index in [4.69, 9.17) is 11.5 Å². The third-order valence-electron chi connectivity index (χ3n) is 6.56. The Hall–Kier alpha value is -2.82. The maximum absolute atomic E-state index is 14.3. The molecule has 0 bridgehead atoms. The van der Waals surface area contributed by atoms with Crippen molar-refractivity contribution in [3.8, 4) is 0 Å². The molecule has 0 spiro atoms. The molecule has 1 aliphatic rings. The molecule has 0 unspecified atom stereocenters. The first kappa shape index (κ1) is 30.4. The summed E-state index contributed by atoms with van der Waals surface area (Å²) < 4.78 is 14.8. The van der Waals surface area contributed by atoms with Crippen molar-refractivity contribution in [2.75, 3.05) is 13.1 Å². The van der Waals surface area contributed by atoms with E-state index in [1.54, 1.807) is 26.8 Å². The third kappa shape index (κ3) is 8.62. The van der Waals surface area contributed by atoms with Crippen LogP contribution in [0.15, 0.2) is 27.7 Å². The number of nitrogens with two attached hydrogens (primary N) is 2. The number of hydrogen-bond donors (Lipinski definition) is 3. The van der Waals surface area contributed by atoms with E-state index >= 15 is 0 Å². The van der Waals surface area contributed by atoms with Crippen LogP contribution >= 0.6 is 15.9 Å². The van der Waals surface area contributed by atoms with E-state index in [-0.39, 0.29) is 41.3 Å². The fraction of sp³-hybridized carbons (Fsp3) is 0.577. The molecule has 1 fully saturated rings. The molecule has 1 heterocycles. The van der Waals surface area contributed by atoms with Crippen LogP contribution in [0.1, 0.15) is 69.7 Å². The predicted octanol–water partition coefficient (Wildman–Crippen LogP) is 2.94. The molecule has 1 aromatic carbocycles. The molecule has 0 aliphatic carbocycles. The Morgan fingerprint density at radius 2 is 1.95 bits per heavy atom. The van der Waals surface area contributed by atoms with Crippen LogP contribution in [0.5, 0.6) is 0 Å².